The number of benzene rings is 1. The summed E-state index contributed by atoms with van der Waals surface area (Å²) in [6.07, 6.45) is 5.72. The van der Waals surface area contributed by atoms with E-state index in [9.17, 15) is 4.79 Å². The molecule has 3 rings (SSSR count). The number of pyridine rings is 1. The largest absolute Gasteiger partial charge is 0.368 e. The number of hydrogen-bond donors (Lipinski definition) is 1. The van der Waals surface area contributed by atoms with Gasteiger partial charge in [-0.2, -0.15) is 0 Å². The van der Waals surface area contributed by atoms with E-state index in [0.29, 0.717) is 5.92 Å². The Morgan fingerprint density at radius 1 is 1.28 bits per heavy atom. The first-order valence-corrected chi connectivity index (χ1v) is 8.72. The molecule has 0 aliphatic heterocycles. The molecule has 0 saturated carbocycles. The van der Waals surface area contributed by atoms with Gasteiger partial charge in [0.2, 0.25) is 5.95 Å². The fraction of sp³-hybridized carbons (Fsp3) is 0.350. The Morgan fingerprint density at radius 3 is 2.84 bits per heavy atom. The summed E-state index contributed by atoms with van der Waals surface area (Å²) in [7, 11) is 0. The standard InChI is InChI=1S/C20H24N4O/c1-4-13(2)7-9-24-10-8-14(3)18(19(24)25)15-5-6-17-16(11-15)12-22-20(21)23-17/h5-6,8,10-13H,4,7,9H2,1-3H3,(H2,21,22,23). The van der Waals surface area contributed by atoms with Crippen LogP contribution in [0.3, 0.4) is 0 Å². The Balaban J connectivity index is 2.04. The van der Waals surface area contributed by atoms with Crippen LogP contribution in [0.4, 0.5) is 5.95 Å². The van der Waals surface area contributed by atoms with Gasteiger partial charge in [0.25, 0.3) is 5.56 Å². The summed E-state index contributed by atoms with van der Waals surface area (Å²) >= 11 is 0. The highest BCUT2D eigenvalue weighted by atomic mass is 16.1. The number of rotatable bonds is 5. The number of fused-ring (bicyclic) bond motifs is 1. The summed E-state index contributed by atoms with van der Waals surface area (Å²) in [6, 6.07) is 7.78. The van der Waals surface area contributed by atoms with E-state index >= 15 is 0 Å². The first-order valence-electron chi connectivity index (χ1n) is 8.72. The summed E-state index contributed by atoms with van der Waals surface area (Å²) in [5, 5.41) is 0.875. The number of nitrogens with two attached hydrogens (primary N) is 1. The van der Waals surface area contributed by atoms with Crippen molar-refractivity contribution >= 4 is 16.9 Å². The van der Waals surface area contributed by atoms with Gasteiger partial charge in [-0.1, -0.05) is 26.3 Å². The Bertz CT molecular complexity index is 962. The summed E-state index contributed by atoms with van der Waals surface area (Å²) < 4.78 is 1.82. The topological polar surface area (TPSA) is 73.8 Å². The molecule has 5 nitrogen and oxygen atoms in total. The van der Waals surface area contributed by atoms with Crippen molar-refractivity contribution in [2.45, 2.75) is 40.2 Å². The quantitative estimate of drug-likeness (QED) is 0.769. The van der Waals surface area contributed by atoms with E-state index in [1.54, 1.807) is 6.20 Å². The van der Waals surface area contributed by atoms with E-state index in [4.69, 9.17) is 5.73 Å². The van der Waals surface area contributed by atoms with Gasteiger partial charge in [0.1, 0.15) is 0 Å². The molecular formula is C20H24N4O. The lowest BCUT2D eigenvalue weighted by Crippen LogP contribution is -2.23. The van der Waals surface area contributed by atoms with Crippen molar-refractivity contribution in [1.29, 1.82) is 0 Å². The highest BCUT2D eigenvalue weighted by Gasteiger charge is 2.11. The van der Waals surface area contributed by atoms with Gasteiger partial charge in [0.15, 0.2) is 0 Å². The average molecular weight is 336 g/mol. The summed E-state index contributed by atoms with van der Waals surface area (Å²) in [5.74, 6) is 0.864. The van der Waals surface area contributed by atoms with Crippen LogP contribution in [0.25, 0.3) is 22.0 Å². The van der Waals surface area contributed by atoms with Crippen molar-refractivity contribution in [2.75, 3.05) is 5.73 Å². The van der Waals surface area contributed by atoms with Crippen molar-refractivity contribution in [3.63, 3.8) is 0 Å². The van der Waals surface area contributed by atoms with Gasteiger partial charge in [-0.25, -0.2) is 9.97 Å². The van der Waals surface area contributed by atoms with Crippen molar-refractivity contribution < 1.29 is 0 Å². The normalized spacial score (nSPS) is 12.4. The number of hydrogen-bond acceptors (Lipinski definition) is 4. The van der Waals surface area contributed by atoms with Crippen molar-refractivity contribution in [3.8, 4) is 11.1 Å². The number of anilines is 1. The van der Waals surface area contributed by atoms with Crippen LogP contribution in [0.15, 0.2) is 41.5 Å². The highest BCUT2D eigenvalue weighted by molar-refractivity contribution is 5.84. The maximum Gasteiger partial charge on any atom is 0.258 e. The smallest absolute Gasteiger partial charge is 0.258 e. The molecule has 0 radical (unpaired) electrons. The Morgan fingerprint density at radius 2 is 2.08 bits per heavy atom. The van der Waals surface area contributed by atoms with E-state index in [0.717, 1.165) is 47.0 Å². The van der Waals surface area contributed by atoms with E-state index in [1.165, 1.54) is 0 Å². The molecule has 0 amide bonds. The van der Waals surface area contributed by atoms with Crippen LogP contribution >= 0.6 is 0 Å². The zero-order chi connectivity index (χ0) is 18.0. The molecule has 3 aromatic rings. The maximum atomic E-state index is 13.0. The van der Waals surface area contributed by atoms with Crippen LogP contribution < -0.4 is 11.3 Å². The molecule has 2 aromatic heterocycles. The molecule has 2 N–H and O–H groups in total. The van der Waals surface area contributed by atoms with E-state index in [1.807, 2.05) is 42.0 Å². The third-order valence-corrected chi connectivity index (χ3v) is 4.82. The minimum atomic E-state index is 0.0546. The third kappa shape index (κ3) is 3.55. The van der Waals surface area contributed by atoms with Gasteiger partial charge in [-0.05, 0) is 48.6 Å². The molecule has 0 aliphatic carbocycles. The van der Waals surface area contributed by atoms with Crippen LogP contribution in [0.2, 0.25) is 0 Å². The lowest BCUT2D eigenvalue weighted by Gasteiger charge is -2.13. The van der Waals surface area contributed by atoms with Crippen molar-refractivity contribution in [1.82, 2.24) is 14.5 Å². The number of nitrogens with zero attached hydrogens (tertiary/aromatic N) is 3. The minimum absolute atomic E-state index is 0.0546. The second-order valence-electron chi connectivity index (χ2n) is 6.68. The summed E-state index contributed by atoms with van der Waals surface area (Å²) in [6.45, 7) is 7.11. The monoisotopic (exact) mass is 336 g/mol. The summed E-state index contributed by atoms with van der Waals surface area (Å²) in [5.41, 5.74) is 9.07. The fourth-order valence-electron chi connectivity index (χ4n) is 2.96. The SMILES string of the molecule is CCC(C)CCn1ccc(C)c(-c2ccc3nc(N)ncc3c2)c1=O. The molecular weight excluding hydrogens is 312 g/mol. The Labute approximate surface area is 147 Å². The molecule has 1 unspecified atom stereocenters. The van der Waals surface area contributed by atoms with Gasteiger partial charge >= 0.3 is 0 Å². The van der Waals surface area contributed by atoms with Crippen molar-refractivity contribution in [3.05, 3.63) is 52.6 Å². The predicted octanol–water partition coefficient (Wildman–Crippen LogP) is 3.79. The van der Waals surface area contributed by atoms with E-state index in [-0.39, 0.29) is 11.5 Å². The van der Waals surface area contributed by atoms with Crippen LogP contribution in [0, 0.1) is 12.8 Å². The van der Waals surface area contributed by atoms with Gasteiger partial charge in [-0.3, -0.25) is 4.79 Å². The molecule has 0 spiro atoms. The average Bonchev–Trinajstić information content (AvgIpc) is 2.61. The lowest BCUT2D eigenvalue weighted by atomic mass is 10.0. The Kier molecular flexibility index (Phi) is 4.83. The lowest BCUT2D eigenvalue weighted by molar-refractivity contribution is 0.463. The van der Waals surface area contributed by atoms with Gasteiger partial charge < -0.3 is 10.3 Å². The van der Waals surface area contributed by atoms with E-state index in [2.05, 4.69) is 23.8 Å². The van der Waals surface area contributed by atoms with Crippen LogP contribution in [0.1, 0.15) is 32.3 Å². The molecule has 0 fully saturated rings. The molecule has 0 bridgehead atoms. The zero-order valence-corrected chi connectivity index (χ0v) is 15.0. The number of aromatic nitrogens is 3. The molecule has 5 heteroatoms. The molecule has 0 saturated heterocycles. The predicted molar refractivity (Wildman–Crippen MR) is 102 cm³/mol. The first-order chi connectivity index (χ1) is 12.0. The fourth-order valence-corrected chi connectivity index (χ4v) is 2.96. The van der Waals surface area contributed by atoms with Crippen LogP contribution in [-0.2, 0) is 6.54 Å². The molecule has 1 atom stereocenters. The first kappa shape index (κ1) is 17.1. The van der Waals surface area contributed by atoms with Gasteiger partial charge in [0.05, 0.1) is 11.1 Å². The highest BCUT2D eigenvalue weighted by Crippen LogP contribution is 2.24. The van der Waals surface area contributed by atoms with Gasteiger partial charge in [0, 0.05) is 24.3 Å². The minimum Gasteiger partial charge on any atom is -0.368 e. The van der Waals surface area contributed by atoms with Crippen molar-refractivity contribution in [2.24, 2.45) is 5.92 Å². The second kappa shape index (κ2) is 7.05. The number of nitrogen functional groups attached to an aromatic ring is 1. The third-order valence-electron chi connectivity index (χ3n) is 4.82. The number of aryl methyl sites for hydroxylation is 2. The zero-order valence-electron chi connectivity index (χ0n) is 15.0. The van der Waals surface area contributed by atoms with Crippen LogP contribution in [-0.4, -0.2) is 14.5 Å². The van der Waals surface area contributed by atoms with Crippen LogP contribution in [0.5, 0.6) is 0 Å². The molecule has 25 heavy (non-hydrogen) atoms. The molecule has 130 valence electrons. The molecule has 0 aliphatic rings. The maximum absolute atomic E-state index is 13.0. The van der Waals surface area contributed by atoms with E-state index < -0.39 is 0 Å². The van der Waals surface area contributed by atoms with Gasteiger partial charge in [-0.15, -0.1) is 0 Å². The molecule has 1 aromatic carbocycles. The Hall–Kier alpha value is -2.69. The second-order valence-corrected chi connectivity index (χ2v) is 6.68. The summed E-state index contributed by atoms with van der Waals surface area (Å²) in [4.78, 5) is 21.3. The molecule has 2 heterocycles.